The summed E-state index contributed by atoms with van der Waals surface area (Å²) in [6.45, 7) is 7.86. The summed E-state index contributed by atoms with van der Waals surface area (Å²) in [5, 5.41) is 0. The topological polar surface area (TPSA) is 25.4 Å². The Bertz CT molecular complexity index is 359. The molecule has 0 spiro atoms. The lowest BCUT2D eigenvalue weighted by molar-refractivity contribution is 0.232. The van der Waals surface area contributed by atoms with Crippen LogP contribution in [0.1, 0.15) is 38.7 Å². The van der Waals surface area contributed by atoms with Crippen molar-refractivity contribution in [2.75, 3.05) is 19.6 Å². The van der Waals surface area contributed by atoms with E-state index in [4.69, 9.17) is 4.74 Å². The van der Waals surface area contributed by atoms with Gasteiger partial charge in [-0.15, -0.1) is 0 Å². The highest BCUT2D eigenvalue weighted by Gasteiger charge is 2.10. The van der Waals surface area contributed by atoms with Crippen molar-refractivity contribution in [3.05, 3.63) is 23.9 Å². The van der Waals surface area contributed by atoms with Gasteiger partial charge in [-0.25, -0.2) is 4.98 Å². The molecule has 1 fully saturated rings. The third-order valence-electron chi connectivity index (χ3n) is 3.29. The van der Waals surface area contributed by atoms with Crippen LogP contribution in [0.15, 0.2) is 18.3 Å². The Morgan fingerprint density at radius 3 is 2.83 bits per heavy atom. The Hall–Kier alpha value is -1.09. The van der Waals surface area contributed by atoms with Gasteiger partial charge in [0.2, 0.25) is 5.88 Å². The van der Waals surface area contributed by atoms with Crippen molar-refractivity contribution in [3.8, 4) is 5.88 Å². The SMILES string of the molecule is CC(C)Oc1cc(CCCN2CCCC2)ccn1. The quantitative estimate of drug-likeness (QED) is 0.774. The molecule has 0 atom stereocenters. The summed E-state index contributed by atoms with van der Waals surface area (Å²) >= 11 is 0. The minimum absolute atomic E-state index is 0.192. The summed E-state index contributed by atoms with van der Waals surface area (Å²) in [7, 11) is 0. The Labute approximate surface area is 110 Å². The molecule has 0 unspecified atom stereocenters. The monoisotopic (exact) mass is 248 g/mol. The van der Waals surface area contributed by atoms with Gasteiger partial charge in [-0.3, -0.25) is 0 Å². The van der Waals surface area contributed by atoms with Crippen LogP contribution in [-0.2, 0) is 6.42 Å². The van der Waals surface area contributed by atoms with E-state index in [1.54, 1.807) is 0 Å². The predicted molar refractivity (Wildman–Crippen MR) is 74.0 cm³/mol. The molecule has 0 aromatic carbocycles. The van der Waals surface area contributed by atoms with Crippen LogP contribution < -0.4 is 4.74 Å². The Morgan fingerprint density at radius 2 is 2.11 bits per heavy atom. The van der Waals surface area contributed by atoms with Crippen LogP contribution in [0, 0.1) is 0 Å². The fourth-order valence-electron chi connectivity index (χ4n) is 2.42. The standard InChI is InChI=1S/C15H24N2O/c1-13(2)18-15-12-14(7-8-16-15)6-5-11-17-9-3-4-10-17/h7-8,12-13H,3-6,9-11H2,1-2H3. The molecule has 3 heteroatoms. The molecule has 0 amide bonds. The van der Waals surface area contributed by atoms with E-state index in [-0.39, 0.29) is 6.10 Å². The van der Waals surface area contributed by atoms with E-state index in [1.165, 1.54) is 44.5 Å². The number of ether oxygens (including phenoxy) is 1. The van der Waals surface area contributed by atoms with Crippen LogP contribution in [0.2, 0.25) is 0 Å². The van der Waals surface area contributed by atoms with E-state index in [0.717, 1.165) is 12.3 Å². The number of nitrogens with zero attached hydrogens (tertiary/aromatic N) is 2. The molecule has 2 rings (SSSR count). The highest BCUT2D eigenvalue weighted by Crippen LogP contribution is 2.14. The largest absolute Gasteiger partial charge is 0.475 e. The van der Waals surface area contributed by atoms with Crippen molar-refractivity contribution >= 4 is 0 Å². The average Bonchev–Trinajstić information content (AvgIpc) is 2.82. The molecule has 1 saturated heterocycles. The highest BCUT2D eigenvalue weighted by molar-refractivity contribution is 5.20. The first-order chi connectivity index (χ1) is 8.74. The Balaban J connectivity index is 1.77. The third kappa shape index (κ3) is 4.30. The smallest absolute Gasteiger partial charge is 0.213 e. The maximum atomic E-state index is 5.61. The zero-order chi connectivity index (χ0) is 12.8. The molecule has 0 bridgehead atoms. The summed E-state index contributed by atoms with van der Waals surface area (Å²) in [5.41, 5.74) is 1.33. The maximum Gasteiger partial charge on any atom is 0.213 e. The molecule has 2 heterocycles. The molecule has 0 radical (unpaired) electrons. The molecule has 1 aliphatic rings. The molecule has 18 heavy (non-hydrogen) atoms. The van der Waals surface area contributed by atoms with Crippen molar-refractivity contribution in [3.63, 3.8) is 0 Å². The van der Waals surface area contributed by atoms with Gasteiger partial charge in [-0.05, 0) is 70.8 Å². The molecule has 0 N–H and O–H groups in total. The Morgan fingerprint density at radius 1 is 1.33 bits per heavy atom. The zero-order valence-corrected chi connectivity index (χ0v) is 11.6. The second-order valence-electron chi connectivity index (χ2n) is 5.32. The van der Waals surface area contributed by atoms with E-state index in [0.29, 0.717) is 0 Å². The fourth-order valence-corrected chi connectivity index (χ4v) is 2.42. The summed E-state index contributed by atoms with van der Waals surface area (Å²) < 4.78 is 5.61. The van der Waals surface area contributed by atoms with E-state index >= 15 is 0 Å². The number of likely N-dealkylation sites (tertiary alicyclic amines) is 1. The number of aryl methyl sites for hydroxylation is 1. The maximum absolute atomic E-state index is 5.61. The first-order valence-corrected chi connectivity index (χ1v) is 7.08. The van der Waals surface area contributed by atoms with Crippen molar-refractivity contribution in [1.29, 1.82) is 0 Å². The number of rotatable bonds is 6. The molecule has 1 aromatic rings. The molecule has 1 aliphatic heterocycles. The van der Waals surface area contributed by atoms with Crippen LogP contribution in [-0.4, -0.2) is 35.6 Å². The van der Waals surface area contributed by atoms with Crippen LogP contribution in [0.3, 0.4) is 0 Å². The third-order valence-corrected chi connectivity index (χ3v) is 3.29. The lowest BCUT2D eigenvalue weighted by Gasteiger charge is -2.14. The second kappa shape index (κ2) is 6.74. The lowest BCUT2D eigenvalue weighted by Crippen LogP contribution is -2.20. The van der Waals surface area contributed by atoms with E-state index < -0.39 is 0 Å². The second-order valence-corrected chi connectivity index (χ2v) is 5.32. The zero-order valence-electron chi connectivity index (χ0n) is 11.6. The van der Waals surface area contributed by atoms with E-state index in [2.05, 4.69) is 22.0 Å². The van der Waals surface area contributed by atoms with Crippen molar-refractivity contribution in [2.45, 2.75) is 45.6 Å². The van der Waals surface area contributed by atoms with Crippen molar-refractivity contribution in [1.82, 2.24) is 9.88 Å². The molecule has 100 valence electrons. The molecule has 0 saturated carbocycles. The minimum atomic E-state index is 0.192. The van der Waals surface area contributed by atoms with Gasteiger partial charge in [-0.2, -0.15) is 0 Å². The predicted octanol–water partition coefficient (Wildman–Crippen LogP) is 2.90. The van der Waals surface area contributed by atoms with Gasteiger partial charge >= 0.3 is 0 Å². The Kier molecular flexibility index (Phi) is 5.00. The fraction of sp³-hybridized carbons (Fsp3) is 0.667. The van der Waals surface area contributed by atoms with Crippen molar-refractivity contribution in [2.24, 2.45) is 0 Å². The molecule has 3 nitrogen and oxygen atoms in total. The summed E-state index contributed by atoms with van der Waals surface area (Å²) in [4.78, 5) is 6.79. The van der Waals surface area contributed by atoms with Crippen LogP contribution in [0.25, 0.3) is 0 Å². The number of pyridine rings is 1. The van der Waals surface area contributed by atoms with Gasteiger partial charge in [0.1, 0.15) is 0 Å². The summed E-state index contributed by atoms with van der Waals surface area (Å²) in [5.74, 6) is 0.753. The van der Waals surface area contributed by atoms with Gasteiger partial charge in [0, 0.05) is 12.3 Å². The molecule has 0 aliphatic carbocycles. The molecular formula is C15H24N2O. The average molecular weight is 248 g/mol. The van der Waals surface area contributed by atoms with Crippen LogP contribution in [0.4, 0.5) is 0 Å². The van der Waals surface area contributed by atoms with Crippen LogP contribution >= 0.6 is 0 Å². The van der Waals surface area contributed by atoms with Gasteiger partial charge < -0.3 is 9.64 Å². The number of aromatic nitrogens is 1. The summed E-state index contributed by atoms with van der Waals surface area (Å²) in [6.07, 6.45) is 7.14. The van der Waals surface area contributed by atoms with Crippen molar-refractivity contribution < 1.29 is 4.74 Å². The number of hydrogen-bond acceptors (Lipinski definition) is 3. The van der Waals surface area contributed by atoms with E-state index in [1.807, 2.05) is 20.0 Å². The first-order valence-electron chi connectivity index (χ1n) is 7.08. The summed E-state index contributed by atoms with van der Waals surface area (Å²) in [6, 6.07) is 4.17. The highest BCUT2D eigenvalue weighted by atomic mass is 16.5. The van der Waals surface area contributed by atoms with Gasteiger partial charge in [-0.1, -0.05) is 0 Å². The van der Waals surface area contributed by atoms with Crippen LogP contribution in [0.5, 0.6) is 5.88 Å². The number of hydrogen-bond donors (Lipinski definition) is 0. The van der Waals surface area contributed by atoms with Gasteiger partial charge in [0.25, 0.3) is 0 Å². The lowest BCUT2D eigenvalue weighted by atomic mass is 10.1. The molecular weight excluding hydrogens is 224 g/mol. The van der Waals surface area contributed by atoms with Gasteiger partial charge in [0.05, 0.1) is 6.10 Å². The molecule has 1 aromatic heterocycles. The van der Waals surface area contributed by atoms with Gasteiger partial charge in [0.15, 0.2) is 0 Å². The minimum Gasteiger partial charge on any atom is -0.475 e. The van der Waals surface area contributed by atoms with E-state index in [9.17, 15) is 0 Å². The first kappa shape index (κ1) is 13.3. The normalized spacial score (nSPS) is 16.4.